The fourth-order valence-corrected chi connectivity index (χ4v) is 3.31. The first-order chi connectivity index (χ1) is 13.4. The molecule has 0 saturated heterocycles. The second kappa shape index (κ2) is 8.99. The number of aliphatic hydroxyl groups excluding tert-OH is 1. The van der Waals surface area contributed by atoms with Gasteiger partial charge in [0.25, 0.3) is 11.8 Å². The van der Waals surface area contributed by atoms with Gasteiger partial charge in [0, 0.05) is 36.3 Å². The Bertz CT molecular complexity index is 833. The summed E-state index contributed by atoms with van der Waals surface area (Å²) >= 11 is 0. The largest absolute Gasteiger partial charge is 0.390 e. The van der Waals surface area contributed by atoms with Gasteiger partial charge in [0.15, 0.2) is 0 Å². The van der Waals surface area contributed by atoms with Crippen LogP contribution in [0.1, 0.15) is 45.7 Å². The summed E-state index contributed by atoms with van der Waals surface area (Å²) in [6, 6.07) is 14.6. The van der Waals surface area contributed by atoms with Gasteiger partial charge in [0.2, 0.25) is 0 Å². The molecule has 0 aromatic heterocycles. The van der Waals surface area contributed by atoms with Crippen LogP contribution in [0.25, 0.3) is 0 Å². The first-order valence-corrected chi connectivity index (χ1v) is 9.61. The minimum atomic E-state index is -0.687. The zero-order valence-corrected chi connectivity index (χ0v) is 16.2. The number of hydrogen-bond acceptors (Lipinski definition) is 4. The summed E-state index contributed by atoms with van der Waals surface area (Å²) in [6.07, 6.45) is 0.0424. The van der Waals surface area contributed by atoms with E-state index in [1.54, 1.807) is 24.3 Å². The SMILES string of the molecule is CC(C)NC(=O)c1ccc(C(=O)NC[C@@H](O)[C@@H]2Cc3ccccc3CN2)cc1. The summed E-state index contributed by atoms with van der Waals surface area (Å²) in [5.74, 6) is -0.438. The van der Waals surface area contributed by atoms with Crippen LogP contribution in [0.4, 0.5) is 0 Å². The van der Waals surface area contributed by atoms with E-state index in [0.717, 1.165) is 6.42 Å². The molecule has 0 unspecified atom stereocenters. The van der Waals surface area contributed by atoms with Crippen molar-refractivity contribution in [2.45, 2.75) is 45.0 Å². The smallest absolute Gasteiger partial charge is 0.251 e. The van der Waals surface area contributed by atoms with Gasteiger partial charge in [-0.05, 0) is 55.7 Å². The van der Waals surface area contributed by atoms with Crippen LogP contribution in [0.3, 0.4) is 0 Å². The Balaban J connectivity index is 1.52. The molecule has 0 fully saturated rings. The zero-order chi connectivity index (χ0) is 20.1. The van der Waals surface area contributed by atoms with E-state index in [0.29, 0.717) is 17.7 Å². The summed E-state index contributed by atoms with van der Waals surface area (Å²) in [5, 5.41) is 19.4. The van der Waals surface area contributed by atoms with Crippen LogP contribution in [0.5, 0.6) is 0 Å². The Morgan fingerprint density at radius 1 is 1.04 bits per heavy atom. The molecule has 1 aliphatic rings. The van der Waals surface area contributed by atoms with Gasteiger partial charge in [-0.15, -0.1) is 0 Å². The van der Waals surface area contributed by atoms with Crippen molar-refractivity contribution in [3.8, 4) is 0 Å². The van der Waals surface area contributed by atoms with E-state index in [-0.39, 0.29) is 30.4 Å². The third kappa shape index (κ3) is 4.97. The van der Waals surface area contributed by atoms with Crippen molar-refractivity contribution in [1.82, 2.24) is 16.0 Å². The van der Waals surface area contributed by atoms with Gasteiger partial charge in [0.05, 0.1) is 6.10 Å². The molecule has 3 rings (SSSR count). The van der Waals surface area contributed by atoms with Crippen LogP contribution in [0, 0.1) is 0 Å². The molecular formula is C22H27N3O3. The lowest BCUT2D eigenvalue weighted by Crippen LogP contribution is -2.49. The van der Waals surface area contributed by atoms with Crippen LogP contribution in [0.2, 0.25) is 0 Å². The molecule has 0 bridgehead atoms. The highest BCUT2D eigenvalue weighted by molar-refractivity contribution is 5.97. The summed E-state index contributed by atoms with van der Waals surface area (Å²) in [7, 11) is 0. The Kier molecular flexibility index (Phi) is 6.44. The maximum absolute atomic E-state index is 12.3. The molecule has 148 valence electrons. The lowest BCUT2D eigenvalue weighted by atomic mass is 9.93. The fourth-order valence-electron chi connectivity index (χ4n) is 3.31. The predicted molar refractivity (Wildman–Crippen MR) is 108 cm³/mol. The van der Waals surface area contributed by atoms with Gasteiger partial charge in [-0.3, -0.25) is 9.59 Å². The van der Waals surface area contributed by atoms with E-state index in [9.17, 15) is 14.7 Å². The van der Waals surface area contributed by atoms with Crippen LogP contribution in [0.15, 0.2) is 48.5 Å². The van der Waals surface area contributed by atoms with Gasteiger partial charge >= 0.3 is 0 Å². The molecule has 6 heteroatoms. The second-order valence-electron chi connectivity index (χ2n) is 7.44. The maximum atomic E-state index is 12.3. The van der Waals surface area contributed by atoms with E-state index >= 15 is 0 Å². The van der Waals surface area contributed by atoms with Gasteiger partial charge in [-0.2, -0.15) is 0 Å². The second-order valence-corrected chi connectivity index (χ2v) is 7.44. The average Bonchev–Trinajstić information content (AvgIpc) is 2.71. The monoisotopic (exact) mass is 381 g/mol. The number of nitrogens with one attached hydrogen (secondary N) is 3. The molecule has 1 heterocycles. The third-order valence-electron chi connectivity index (χ3n) is 4.88. The molecule has 2 atom stereocenters. The lowest BCUT2D eigenvalue weighted by Gasteiger charge is -2.30. The minimum absolute atomic E-state index is 0.0531. The van der Waals surface area contributed by atoms with E-state index in [4.69, 9.17) is 0 Å². The normalized spacial score (nSPS) is 16.9. The number of carbonyl (C=O) groups excluding carboxylic acids is 2. The van der Waals surface area contributed by atoms with Crippen molar-refractivity contribution in [1.29, 1.82) is 0 Å². The van der Waals surface area contributed by atoms with Crippen LogP contribution in [-0.4, -0.2) is 41.7 Å². The summed E-state index contributed by atoms with van der Waals surface area (Å²) in [6.45, 7) is 4.66. The van der Waals surface area contributed by atoms with Crippen LogP contribution >= 0.6 is 0 Å². The van der Waals surface area contributed by atoms with Gasteiger partial charge < -0.3 is 21.1 Å². The van der Waals surface area contributed by atoms with Crippen molar-refractivity contribution >= 4 is 11.8 Å². The fraction of sp³-hybridized carbons (Fsp3) is 0.364. The molecule has 1 aliphatic heterocycles. The lowest BCUT2D eigenvalue weighted by molar-refractivity contribution is 0.0869. The van der Waals surface area contributed by atoms with E-state index in [1.807, 2.05) is 26.0 Å². The van der Waals surface area contributed by atoms with Gasteiger partial charge in [-0.25, -0.2) is 0 Å². The number of fused-ring (bicyclic) bond motifs is 1. The van der Waals surface area contributed by atoms with Crippen molar-refractivity contribution in [2.24, 2.45) is 0 Å². The van der Waals surface area contributed by atoms with Crippen LogP contribution in [-0.2, 0) is 13.0 Å². The maximum Gasteiger partial charge on any atom is 0.251 e. The number of rotatable bonds is 6. The summed E-state index contributed by atoms with van der Waals surface area (Å²) < 4.78 is 0. The molecule has 2 aromatic rings. The highest BCUT2D eigenvalue weighted by atomic mass is 16.3. The number of carbonyl (C=O) groups is 2. The van der Waals surface area contributed by atoms with E-state index < -0.39 is 6.10 Å². The van der Waals surface area contributed by atoms with Crippen molar-refractivity contribution in [3.05, 3.63) is 70.8 Å². The molecule has 2 aromatic carbocycles. The topological polar surface area (TPSA) is 90.5 Å². The quantitative estimate of drug-likeness (QED) is 0.612. The standard InChI is InChI=1S/C22H27N3O3/c1-14(2)25-22(28)16-9-7-15(8-10-16)21(27)24-13-20(26)19-11-17-5-3-4-6-18(17)12-23-19/h3-10,14,19-20,23,26H,11-13H2,1-2H3,(H,24,27)(H,25,28)/t19-,20+/m0/s1. The van der Waals surface area contributed by atoms with Crippen molar-refractivity contribution < 1.29 is 14.7 Å². The predicted octanol–water partition coefficient (Wildman–Crippen LogP) is 1.63. The van der Waals surface area contributed by atoms with Crippen molar-refractivity contribution in [2.75, 3.05) is 6.54 Å². The van der Waals surface area contributed by atoms with Gasteiger partial charge in [-0.1, -0.05) is 24.3 Å². The van der Waals surface area contributed by atoms with E-state index in [2.05, 4.69) is 28.1 Å². The Morgan fingerprint density at radius 2 is 1.64 bits per heavy atom. The number of aliphatic hydroxyl groups is 1. The molecule has 28 heavy (non-hydrogen) atoms. The van der Waals surface area contributed by atoms with Gasteiger partial charge in [0.1, 0.15) is 0 Å². The first kappa shape index (κ1) is 20.0. The van der Waals surface area contributed by atoms with E-state index in [1.165, 1.54) is 11.1 Å². The Morgan fingerprint density at radius 3 is 2.29 bits per heavy atom. The zero-order valence-electron chi connectivity index (χ0n) is 16.2. The molecule has 4 N–H and O–H groups in total. The average molecular weight is 381 g/mol. The highest BCUT2D eigenvalue weighted by Crippen LogP contribution is 2.17. The van der Waals surface area contributed by atoms with Crippen LogP contribution < -0.4 is 16.0 Å². The Hall–Kier alpha value is -2.70. The molecule has 0 radical (unpaired) electrons. The number of amides is 2. The molecule has 2 amide bonds. The highest BCUT2D eigenvalue weighted by Gasteiger charge is 2.24. The molecule has 0 spiro atoms. The number of hydrogen-bond donors (Lipinski definition) is 4. The third-order valence-corrected chi connectivity index (χ3v) is 4.88. The number of benzene rings is 2. The molecule has 6 nitrogen and oxygen atoms in total. The Labute approximate surface area is 165 Å². The molecular weight excluding hydrogens is 354 g/mol. The summed E-state index contributed by atoms with van der Waals surface area (Å²) in [5.41, 5.74) is 3.44. The molecule has 0 saturated carbocycles. The first-order valence-electron chi connectivity index (χ1n) is 9.61. The minimum Gasteiger partial charge on any atom is -0.390 e. The molecule has 0 aliphatic carbocycles. The summed E-state index contributed by atoms with van der Waals surface area (Å²) in [4.78, 5) is 24.3. The van der Waals surface area contributed by atoms with Crippen molar-refractivity contribution in [3.63, 3.8) is 0 Å².